The Balaban J connectivity index is 2.55. The summed E-state index contributed by atoms with van der Waals surface area (Å²) >= 11 is 0. The zero-order chi connectivity index (χ0) is 14.7. The first-order valence-corrected chi connectivity index (χ1v) is 7.11. The van der Waals surface area contributed by atoms with Gasteiger partial charge in [-0.2, -0.15) is 0 Å². The summed E-state index contributed by atoms with van der Waals surface area (Å²) in [5.41, 5.74) is 6.35. The van der Waals surface area contributed by atoms with Crippen molar-refractivity contribution in [2.75, 3.05) is 0 Å². The average Bonchev–Trinajstić information content (AvgIpc) is 2.37. The lowest BCUT2D eigenvalue weighted by molar-refractivity contribution is -0.117. The highest BCUT2D eigenvalue weighted by atomic mass is 16.1. The molecule has 0 heterocycles. The van der Waals surface area contributed by atoms with Gasteiger partial charge in [0.1, 0.15) is 5.78 Å². The van der Waals surface area contributed by atoms with Crippen LogP contribution < -0.4 is 0 Å². The van der Waals surface area contributed by atoms with Gasteiger partial charge in [-0.3, -0.25) is 4.79 Å². The molecule has 2 rings (SSSR count). The molecule has 2 aromatic carbocycles. The van der Waals surface area contributed by atoms with Crippen molar-refractivity contribution < 1.29 is 4.79 Å². The molecule has 0 aliphatic rings. The van der Waals surface area contributed by atoms with Crippen molar-refractivity contribution in [3.05, 3.63) is 70.3 Å². The molecule has 0 aromatic heterocycles. The van der Waals surface area contributed by atoms with Gasteiger partial charge in [0.05, 0.1) is 0 Å². The second-order valence-corrected chi connectivity index (χ2v) is 5.68. The van der Waals surface area contributed by atoms with E-state index in [1.54, 1.807) is 6.92 Å². The average molecular weight is 266 g/mol. The van der Waals surface area contributed by atoms with E-state index in [1.165, 1.54) is 27.8 Å². The molecule has 0 amide bonds. The zero-order valence-corrected chi connectivity index (χ0v) is 12.7. The number of ketones is 1. The van der Waals surface area contributed by atoms with E-state index in [0.717, 1.165) is 0 Å². The maximum absolute atomic E-state index is 11.7. The van der Waals surface area contributed by atoms with Crippen LogP contribution in [0.4, 0.5) is 0 Å². The number of hydrogen-bond donors (Lipinski definition) is 0. The molecule has 20 heavy (non-hydrogen) atoms. The number of aryl methyl sites for hydroxylation is 3. The molecule has 1 unspecified atom stereocenters. The fraction of sp³-hybridized carbons (Fsp3) is 0.316. The third kappa shape index (κ3) is 3.16. The Kier molecular flexibility index (Phi) is 4.39. The van der Waals surface area contributed by atoms with Crippen LogP contribution in [0.3, 0.4) is 0 Å². The Bertz CT molecular complexity index is 588. The van der Waals surface area contributed by atoms with Crippen molar-refractivity contribution in [3.63, 3.8) is 0 Å². The van der Waals surface area contributed by atoms with Crippen LogP contribution in [-0.4, -0.2) is 5.78 Å². The minimum atomic E-state index is 0.161. The van der Waals surface area contributed by atoms with Crippen molar-refractivity contribution in [3.8, 4) is 0 Å². The lowest BCUT2D eigenvalue weighted by atomic mass is 9.82. The minimum absolute atomic E-state index is 0.161. The molecule has 0 spiro atoms. The Morgan fingerprint density at radius 1 is 1.00 bits per heavy atom. The van der Waals surface area contributed by atoms with Gasteiger partial charge in [-0.25, -0.2) is 0 Å². The Morgan fingerprint density at radius 2 is 1.55 bits per heavy atom. The van der Waals surface area contributed by atoms with Crippen LogP contribution in [0.5, 0.6) is 0 Å². The van der Waals surface area contributed by atoms with E-state index in [1.807, 2.05) is 18.2 Å². The van der Waals surface area contributed by atoms with Gasteiger partial charge >= 0.3 is 0 Å². The van der Waals surface area contributed by atoms with Crippen LogP contribution in [-0.2, 0) is 4.79 Å². The van der Waals surface area contributed by atoms with Gasteiger partial charge in [-0.1, -0.05) is 48.0 Å². The van der Waals surface area contributed by atoms with E-state index < -0.39 is 0 Å². The van der Waals surface area contributed by atoms with E-state index in [0.29, 0.717) is 6.42 Å². The summed E-state index contributed by atoms with van der Waals surface area (Å²) in [6, 6.07) is 14.8. The highest BCUT2D eigenvalue weighted by Gasteiger charge is 2.20. The molecule has 0 bridgehead atoms. The van der Waals surface area contributed by atoms with E-state index in [9.17, 15) is 4.79 Å². The number of carbonyl (C=O) groups excluding carboxylic acids is 1. The number of Topliss-reactive ketones (excluding diaryl/α,β-unsaturated/α-hetero) is 1. The van der Waals surface area contributed by atoms with Crippen LogP contribution in [0, 0.1) is 20.8 Å². The monoisotopic (exact) mass is 266 g/mol. The number of carbonyl (C=O) groups is 1. The molecular formula is C19H22O. The van der Waals surface area contributed by atoms with Crippen molar-refractivity contribution in [2.45, 2.75) is 40.0 Å². The van der Waals surface area contributed by atoms with E-state index in [-0.39, 0.29) is 11.7 Å². The summed E-state index contributed by atoms with van der Waals surface area (Å²) < 4.78 is 0. The van der Waals surface area contributed by atoms with E-state index in [2.05, 4.69) is 45.0 Å². The highest BCUT2D eigenvalue weighted by Crippen LogP contribution is 2.33. The van der Waals surface area contributed by atoms with Crippen LogP contribution >= 0.6 is 0 Å². The lowest BCUT2D eigenvalue weighted by Gasteiger charge is -2.22. The standard InChI is InChI=1S/C19H22O/c1-13-10-14(2)19(15(3)11-13)18(12-16(4)20)17-8-6-5-7-9-17/h5-11,18H,12H2,1-4H3. The maximum Gasteiger partial charge on any atom is 0.130 e. The van der Waals surface area contributed by atoms with Gasteiger partial charge in [0, 0.05) is 12.3 Å². The summed E-state index contributed by atoms with van der Waals surface area (Å²) in [5, 5.41) is 0. The molecule has 0 aliphatic carbocycles. The fourth-order valence-corrected chi connectivity index (χ4v) is 3.10. The van der Waals surface area contributed by atoms with Crippen molar-refractivity contribution in [2.24, 2.45) is 0 Å². The fourth-order valence-electron chi connectivity index (χ4n) is 3.10. The molecular weight excluding hydrogens is 244 g/mol. The molecule has 0 N–H and O–H groups in total. The number of hydrogen-bond acceptors (Lipinski definition) is 1. The molecule has 104 valence electrons. The molecule has 0 radical (unpaired) electrons. The SMILES string of the molecule is CC(=O)CC(c1ccccc1)c1c(C)cc(C)cc1C. The second kappa shape index (κ2) is 6.04. The van der Waals surface area contributed by atoms with Crippen molar-refractivity contribution in [1.29, 1.82) is 0 Å². The normalized spacial score (nSPS) is 12.2. The van der Waals surface area contributed by atoms with Gasteiger partial charge in [0.25, 0.3) is 0 Å². The van der Waals surface area contributed by atoms with Crippen LogP contribution in [0.2, 0.25) is 0 Å². The highest BCUT2D eigenvalue weighted by molar-refractivity contribution is 5.77. The molecule has 2 aromatic rings. The molecule has 1 heteroatoms. The quantitative estimate of drug-likeness (QED) is 0.782. The number of rotatable bonds is 4. The van der Waals surface area contributed by atoms with E-state index >= 15 is 0 Å². The predicted molar refractivity (Wildman–Crippen MR) is 84.2 cm³/mol. The summed E-state index contributed by atoms with van der Waals surface area (Å²) in [5.74, 6) is 0.396. The second-order valence-electron chi connectivity index (χ2n) is 5.68. The molecule has 0 saturated carbocycles. The van der Waals surface area contributed by atoms with Gasteiger partial charge in [-0.05, 0) is 49.9 Å². The lowest BCUT2D eigenvalue weighted by Crippen LogP contribution is -2.10. The summed E-state index contributed by atoms with van der Waals surface area (Å²) in [4.78, 5) is 11.7. The predicted octanol–water partition coefficient (Wildman–Crippen LogP) is 4.72. The van der Waals surface area contributed by atoms with Gasteiger partial charge < -0.3 is 0 Å². The Labute approximate surface area is 121 Å². The first kappa shape index (κ1) is 14.5. The summed E-state index contributed by atoms with van der Waals surface area (Å²) in [7, 11) is 0. The van der Waals surface area contributed by atoms with Crippen LogP contribution in [0.15, 0.2) is 42.5 Å². The van der Waals surface area contributed by atoms with Crippen LogP contribution in [0.25, 0.3) is 0 Å². The molecule has 0 fully saturated rings. The largest absolute Gasteiger partial charge is 0.300 e. The van der Waals surface area contributed by atoms with Gasteiger partial charge in [0.15, 0.2) is 0 Å². The first-order chi connectivity index (χ1) is 9.49. The van der Waals surface area contributed by atoms with E-state index in [4.69, 9.17) is 0 Å². The smallest absolute Gasteiger partial charge is 0.130 e. The number of benzene rings is 2. The van der Waals surface area contributed by atoms with Gasteiger partial charge in [0.2, 0.25) is 0 Å². The van der Waals surface area contributed by atoms with Crippen molar-refractivity contribution >= 4 is 5.78 Å². The molecule has 1 nitrogen and oxygen atoms in total. The molecule has 0 aliphatic heterocycles. The Hall–Kier alpha value is -1.89. The first-order valence-electron chi connectivity index (χ1n) is 7.11. The Morgan fingerprint density at radius 3 is 2.05 bits per heavy atom. The van der Waals surface area contributed by atoms with Crippen molar-refractivity contribution in [1.82, 2.24) is 0 Å². The topological polar surface area (TPSA) is 17.1 Å². The molecule has 0 saturated heterocycles. The third-order valence-corrected chi connectivity index (χ3v) is 3.78. The summed E-state index contributed by atoms with van der Waals surface area (Å²) in [6.45, 7) is 8.08. The molecule has 1 atom stereocenters. The van der Waals surface area contributed by atoms with Crippen LogP contribution in [0.1, 0.15) is 47.1 Å². The summed E-state index contributed by atoms with van der Waals surface area (Å²) in [6.07, 6.45) is 0.564. The minimum Gasteiger partial charge on any atom is -0.300 e. The van der Waals surface area contributed by atoms with Gasteiger partial charge in [-0.15, -0.1) is 0 Å². The maximum atomic E-state index is 11.7. The zero-order valence-electron chi connectivity index (χ0n) is 12.7. The third-order valence-electron chi connectivity index (χ3n) is 3.78.